The fourth-order valence-electron chi connectivity index (χ4n) is 2.60. The summed E-state index contributed by atoms with van der Waals surface area (Å²) in [4.78, 5) is 25.7. The summed E-state index contributed by atoms with van der Waals surface area (Å²) in [5.74, 6) is 0.195. The number of imide groups is 1. The lowest BCUT2D eigenvalue weighted by Gasteiger charge is -2.12. The van der Waals surface area contributed by atoms with Gasteiger partial charge in [0.1, 0.15) is 12.4 Å². The molecule has 1 aliphatic rings. The number of hydrogen-bond donors (Lipinski definition) is 0. The molecule has 0 N–H and O–H groups in total. The molecule has 2 aromatic rings. The largest absolute Gasteiger partial charge is 0.493 e. The van der Waals surface area contributed by atoms with E-state index >= 15 is 0 Å². The summed E-state index contributed by atoms with van der Waals surface area (Å²) in [6.45, 7) is 3.78. The monoisotopic (exact) mass is 399 g/mol. The molecule has 0 aromatic heterocycles. The van der Waals surface area contributed by atoms with E-state index < -0.39 is 0 Å². The van der Waals surface area contributed by atoms with Crippen molar-refractivity contribution in [1.82, 2.24) is 4.90 Å². The van der Waals surface area contributed by atoms with Crippen LogP contribution < -0.4 is 9.47 Å². The standard InChI is InChI=1S/C21H18FNO4S/c1-3-10-23-20(24)19(28-21(23)25)12-14-8-9-17(18(11-14)26-2)27-13-15-6-4-5-7-16(15)22/h3-9,11-12H,1,10,13H2,2H3/b19-12+. The first-order chi connectivity index (χ1) is 13.5. The van der Waals surface area contributed by atoms with Crippen LogP contribution in [0.25, 0.3) is 6.08 Å². The summed E-state index contributed by atoms with van der Waals surface area (Å²) in [7, 11) is 1.49. The number of thioether (sulfide) groups is 1. The zero-order valence-corrected chi connectivity index (χ0v) is 16.0. The van der Waals surface area contributed by atoms with Crippen molar-refractivity contribution in [3.63, 3.8) is 0 Å². The van der Waals surface area contributed by atoms with E-state index in [1.54, 1.807) is 42.5 Å². The van der Waals surface area contributed by atoms with Crippen LogP contribution in [0.3, 0.4) is 0 Å². The number of halogens is 1. The Bertz CT molecular complexity index is 957. The van der Waals surface area contributed by atoms with Crippen LogP contribution in [0.4, 0.5) is 9.18 Å². The third-order valence-corrected chi connectivity index (χ3v) is 4.92. The zero-order chi connectivity index (χ0) is 20.1. The van der Waals surface area contributed by atoms with Crippen LogP contribution in [0.5, 0.6) is 11.5 Å². The summed E-state index contributed by atoms with van der Waals surface area (Å²) in [6, 6.07) is 11.5. The van der Waals surface area contributed by atoms with E-state index in [1.165, 1.54) is 19.3 Å². The minimum atomic E-state index is -0.353. The van der Waals surface area contributed by atoms with E-state index in [-0.39, 0.29) is 30.1 Å². The van der Waals surface area contributed by atoms with E-state index in [2.05, 4.69) is 6.58 Å². The fourth-order valence-corrected chi connectivity index (χ4v) is 3.45. The van der Waals surface area contributed by atoms with Gasteiger partial charge in [0.15, 0.2) is 11.5 Å². The van der Waals surface area contributed by atoms with Crippen LogP contribution in [-0.2, 0) is 11.4 Å². The molecule has 1 saturated heterocycles. The van der Waals surface area contributed by atoms with Gasteiger partial charge < -0.3 is 9.47 Å². The molecule has 0 aliphatic carbocycles. The Morgan fingerprint density at radius 2 is 1.96 bits per heavy atom. The SMILES string of the molecule is C=CCN1C(=O)S/C(=C/c2ccc(OCc3ccccc3F)c(OC)c2)C1=O. The summed E-state index contributed by atoms with van der Waals surface area (Å²) >= 11 is 0.880. The quantitative estimate of drug-likeness (QED) is 0.502. The highest BCUT2D eigenvalue weighted by molar-refractivity contribution is 8.18. The average Bonchev–Trinajstić information content (AvgIpc) is 2.95. The Morgan fingerprint density at radius 1 is 1.18 bits per heavy atom. The fraction of sp³-hybridized carbons (Fsp3) is 0.143. The number of nitrogens with zero attached hydrogens (tertiary/aromatic N) is 1. The van der Waals surface area contributed by atoms with Crippen molar-refractivity contribution in [2.45, 2.75) is 6.61 Å². The van der Waals surface area contributed by atoms with Gasteiger partial charge in [0.05, 0.1) is 12.0 Å². The molecule has 1 aliphatic heterocycles. The van der Waals surface area contributed by atoms with Crippen LogP contribution in [-0.4, -0.2) is 29.7 Å². The molecule has 5 nitrogen and oxygen atoms in total. The first kappa shape index (κ1) is 19.7. The normalized spacial score (nSPS) is 15.2. The number of rotatable bonds is 7. The van der Waals surface area contributed by atoms with Crippen LogP contribution in [0, 0.1) is 5.82 Å². The maximum absolute atomic E-state index is 13.7. The Hall–Kier alpha value is -3.06. The lowest BCUT2D eigenvalue weighted by atomic mass is 10.1. The average molecular weight is 399 g/mol. The van der Waals surface area contributed by atoms with Crippen LogP contribution in [0.2, 0.25) is 0 Å². The molecule has 3 rings (SSSR count). The summed E-state index contributed by atoms with van der Waals surface area (Å²) in [6.07, 6.45) is 3.13. The highest BCUT2D eigenvalue weighted by Crippen LogP contribution is 2.34. The lowest BCUT2D eigenvalue weighted by molar-refractivity contribution is -0.122. The van der Waals surface area contributed by atoms with Crippen LogP contribution in [0.15, 0.2) is 60.0 Å². The number of methoxy groups -OCH3 is 1. The second kappa shape index (κ2) is 8.75. The highest BCUT2D eigenvalue weighted by atomic mass is 32.2. The smallest absolute Gasteiger partial charge is 0.293 e. The van der Waals surface area contributed by atoms with Gasteiger partial charge in [-0.25, -0.2) is 4.39 Å². The summed E-state index contributed by atoms with van der Waals surface area (Å²) in [5.41, 5.74) is 1.11. The van der Waals surface area contributed by atoms with Gasteiger partial charge in [-0.05, 0) is 41.6 Å². The number of hydrogen-bond acceptors (Lipinski definition) is 5. The van der Waals surface area contributed by atoms with Gasteiger partial charge >= 0.3 is 0 Å². The van der Waals surface area contributed by atoms with Crippen molar-refractivity contribution in [3.8, 4) is 11.5 Å². The van der Waals surface area contributed by atoms with E-state index in [9.17, 15) is 14.0 Å². The molecule has 1 heterocycles. The maximum Gasteiger partial charge on any atom is 0.293 e. The van der Waals surface area contributed by atoms with Gasteiger partial charge in [0.25, 0.3) is 11.1 Å². The second-order valence-electron chi connectivity index (χ2n) is 5.87. The lowest BCUT2D eigenvalue weighted by Crippen LogP contribution is -2.27. The minimum absolute atomic E-state index is 0.0584. The van der Waals surface area contributed by atoms with E-state index in [4.69, 9.17) is 9.47 Å². The molecule has 1 fully saturated rings. The third kappa shape index (κ3) is 4.26. The predicted molar refractivity (Wildman–Crippen MR) is 107 cm³/mol. The molecule has 2 amide bonds. The highest BCUT2D eigenvalue weighted by Gasteiger charge is 2.34. The molecular weight excluding hydrogens is 381 g/mol. The molecule has 0 radical (unpaired) electrons. The van der Waals surface area contributed by atoms with Gasteiger partial charge in [-0.2, -0.15) is 0 Å². The Balaban J connectivity index is 1.78. The molecule has 0 spiro atoms. The van der Waals surface area contributed by atoms with Gasteiger partial charge in [0.2, 0.25) is 0 Å². The van der Waals surface area contributed by atoms with E-state index in [0.29, 0.717) is 27.5 Å². The minimum Gasteiger partial charge on any atom is -0.493 e. The number of benzene rings is 2. The molecule has 28 heavy (non-hydrogen) atoms. The summed E-state index contributed by atoms with van der Waals surface area (Å²) < 4.78 is 24.8. The van der Waals surface area contributed by atoms with Crippen molar-refractivity contribution >= 4 is 29.0 Å². The molecule has 2 aromatic carbocycles. The second-order valence-corrected chi connectivity index (χ2v) is 6.86. The molecule has 0 bridgehead atoms. The Labute approximate surface area is 166 Å². The van der Waals surface area contributed by atoms with Gasteiger partial charge in [0, 0.05) is 12.1 Å². The molecule has 0 unspecified atom stereocenters. The van der Waals surface area contributed by atoms with Gasteiger partial charge in [-0.3, -0.25) is 14.5 Å². The molecule has 0 saturated carbocycles. The number of carbonyl (C=O) groups excluding carboxylic acids is 2. The van der Waals surface area contributed by atoms with Crippen molar-refractivity contribution in [3.05, 3.63) is 77.0 Å². The molecule has 7 heteroatoms. The molecule has 0 atom stereocenters. The molecular formula is C21H18FNO4S. The van der Waals surface area contributed by atoms with Crippen molar-refractivity contribution in [1.29, 1.82) is 0 Å². The van der Waals surface area contributed by atoms with Gasteiger partial charge in [-0.15, -0.1) is 6.58 Å². The first-order valence-corrected chi connectivity index (χ1v) is 9.25. The zero-order valence-electron chi connectivity index (χ0n) is 15.2. The van der Waals surface area contributed by atoms with E-state index in [1.807, 2.05) is 0 Å². The number of carbonyl (C=O) groups is 2. The predicted octanol–water partition coefficient (Wildman–Crippen LogP) is 4.64. The molecule has 144 valence electrons. The third-order valence-electron chi connectivity index (χ3n) is 4.01. The van der Waals surface area contributed by atoms with Gasteiger partial charge in [-0.1, -0.05) is 30.3 Å². The number of amides is 2. The van der Waals surface area contributed by atoms with Crippen LogP contribution in [0.1, 0.15) is 11.1 Å². The Morgan fingerprint density at radius 3 is 2.68 bits per heavy atom. The summed E-state index contributed by atoms with van der Waals surface area (Å²) in [5, 5.41) is -0.326. The first-order valence-electron chi connectivity index (χ1n) is 8.44. The van der Waals surface area contributed by atoms with Crippen molar-refractivity contribution < 1.29 is 23.5 Å². The van der Waals surface area contributed by atoms with Crippen molar-refractivity contribution in [2.24, 2.45) is 0 Å². The topological polar surface area (TPSA) is 55.8 Å². The Kier molecular flexibility index (Phi) is 6.16. The van der Waals surface area contributed by atoms with E-state index in [0.717, 1.165) is 16.7 Å². The number of ether oxygens (including phenoxy) is 2. The van der Waals surface area contributed by atoms with Crippen molar-refractivity contribution in [2.75, 3.05) is 13.7 Å². The maximum atomic E-state index is 13.7. The van der Waals surface area contributed by atoms with Crippen LogP contribution >= 0.6 is 11.8 Å².